The van der Waals surface area contributed by atoms with Gasteiger partial charge in [-0.2, -0.15) is 0 Å². The lowest BCUT2D eigenvalue weighted by Crippen LogP contribution is -2.07. The summed E-state index contributed by atoms with van der Waals surface area (Å²) < 4.78 is 5.18. The second-order valence-corrected chi connectivity index (χ2v) is 15.4. The molecule has 9 heteroatoms. The van der Waals surface area contributed by atoms with Crippen LogP contribution in [0.1, 0.15) is 105 Å². The van der Waals surface area contributed by atoms with Crippen molar-refractivity contribution in [3.8, 4) is 0 Å². The molecule has 0 radical (unpaired) electrons. The van der Waals surface area contributed by atoms with E-state index in [0.717, 1.165) is 49.0 Å². The molecule has 0 saturated carbocycles. The summed E-state index contributed by atoms with van der Waals surface area (Å²) in [5.74, 6) is 3.15. The third-order valence-electron chi connectivity index (χ3n) is 5.44. The van der Waals surface area contributed by atoms with E-state index in [9.17, 15) is 9.59 Å². The first kappa shape index (κ1) is 35.3. The molecule has 0 bridgehead atoms. The summed E-state index contributed by atoms with van der Waals surface area (Å²) in [6, 6.07) is 0. The summed E-state index contributed by atoms with van der Waals surface area (Å²) in [4.78, 5) is 21.6. The van der Waals surface area contributed by atoms with Gasteiger partial charge in [0.25, 0.3) is 0 Å². The molecule has 0 aromatic rings. The highest BCUT2D eigenvalue weighted by atomic mass is 33.1. The van der Waals surface area contributed by atoms with Gasteiger partial charge in [-0.1, -0.05) is 83.7 Å². The van der Waals surface area contributed by atoms with Gasteiger partial charge in [0.15, 0.2) is 0 Å². The van der Waals surface area contributed by atoms with Gasteiger partial charge < -0.3 is 14.9 Å². The van der Waals surface area contributed by atoms with Crippen molar-refractivity contribution in [1.82, 2.24) is 0 Å². The maximum absolute atomic E-state index is 11.4. The van der Waals surface area contributed by atoms with E-state index in [2.05, 4.69) is 27.7 Å². The SMILES string of the molecule is CC(C)CCO.CC(C)CCOC(=O)CCCCC1CCSS1.O=C(O)CCCCC1CCSS1. The summed E-state index contributed by atoms with van der Waals surface area (Å²) in [6.45, 7) is 9.39. The van der Waals surface area contributed by atoms with E-state index in [1.807, 2.05) is 43.2 Å². The first-order chi connectivity index (χ1) is 16.7. The lowest BCUT2D eigenvalue weighted by molar-refractivity contribution is -0.144. The molecule has 2 atom stereocenters. The maximum atomic E-state index is 11.4. The van der Waals surface area contributed by atoms with Crippen molar-refractivity contribution in [2.24, 2.45) is 11.8 Å². The summed E-state index contributed by atoms with van der Waals surface area (Å²) >= 11 is 0. The van der Waals surface area contributed by atoms with Crippen molar-refractivity contribution in [3.05, 3.63) is 0 Å². The Bertz CT molecular complexity index is 508. The molecule has 2 unspecified atom stereocenters. The topological polar surface area (TPSA) is 83.8 Å². The van der Waals surface area contributed by atoms with Crippen LogP contribution in [-0.2, 0) is 14.3 Å². The molecule has 2 saturated heterocycles. The maximum Gasteiger partial charge on any atom is 0.305 e. The Morgan fingerprint density at radius 3 is 1.71 bits per heavy atom. The van der Waals surface area contributed by atoms with Crippen molar-refractivity contribution in [1.29, 1.82) is 0 Å². The number of carboxylic acid groups (broad SMARTS) is 1. The summed E-state index contributed by atoms with van der Waals surface area (Å²) in [6.07, 6.45) is 12.0. The first-order valence-corrected chi connectivity index (χ1v) is 18.1. The van der Waals surface area contributed by atoms with Gasteiger partial charge in [-0.05, 0) is 63.2 Å². The van der Waals surface area contributed by atoms with Crippen LogP contribution in [0.2, 0.25) is 0 Å². The Morgan fingerprint density at radius 1 is 0.829 bits per heavy atom. The highest BCUT2D eigenvalue weighted by Gasteiger charge is 2.16. The molecule has 35 heavy (non-hydrogen) atoms. The Morgan fingerprint density at radius 2 is 1.34 bits per heavy atom. The number of aliphatic hydroxyl groups excluding tert-OH is 1. The molecule has 208 valence electrons. The van der Waals surface area contributed by atoms with Crippen LogP contribution in [0.3, 0.4) is 0 Å². The van der Waals surface area contributed by atoms with E-state index in [1.54, 1.807) is 0 Å². The van der Waals surface area contributed by atoms with Gasteiger partial charge in [0.1, 0.15) is 0 Å². The first-order valence-electron chi connectivity index (χ1n) is 13.3. The molecule has 2 heterocycles. The minimum atomic E-state index is -0.663. The van der Waals surface area contributed by atoms with Crippen molar-refractivity contribution in [2.75, 3.05) is 24.7 Å². The van der Waals surface area contributed by atoms with Crippen molar-refractivity contribution >= 4 is 55.1 Å². The molecule has 0 spiro atoms. The smallest absolute Gasteiger partial charge is 0.305 e. The van der Waals surface area contributed by atoms with Crippen LogP contribution in [0.4, 0.5) is 0 Å². The normalized spacial score (nSPS) is 19.2. The standard InChI is InChI=1S/C13H24O2S2.C8H14O2S2.C5H12O/c1-11(2)7-9-15-13(14)6-4-3-5-12-8-10-16-17-12;9-8(10)4-2-1-3-7-5-6-11-12-7;1-5(2)3-4-6/h11-12H,3-10H2,1-2H3;7H,1-6H2,(H,9,10);5-6H,3-4H2,1-2H3. The molecular formula is C26H50O5S4. The Labute approximate surface area is 230 Å². The van der Waals surface area contributed by atoms with Gasteiger partial charge in [0.2, 0.25) is 0 Å². The van der Waals surface area contributed by atoms with Gasteiger partial charge in [0, 0.05) is 41.5 Å². The highest BCUT2D eigenvalue weighted by molar-refractivity contribution is 8.77. The predicted octanol–water partition coefficient (Wildman–Crippen LogP) is 8.10. The molecule has 0 aromatic heterocycles. The lowest BCUT2D eigenvalue weighted by atomic mass is 10.1. The number of hydrogen-bond donors (Lipinski definition) is 2. The Balaban J connectivity index is 0.000000557. The quantitative estimate of drug-likeness (QED) is 0.115. The Kier molecular flexibility index (Phi) is 24.8. The van der Waals surface area contributed by atoms with Crippen molar-refractivity contribution in [2.45, 2.75) is 115 Å². The molecule has 2 N–H and O–H groups in total. The molecular weight excluding hydrogens is 521 g/mol. The number of carbonyl (C=O) groups excluding carboxylic acids is 1. The summed E-state index contributed by atoms with van der Waals surface area (Å²) in [5.41, 5.74) is 0. The van der Waals surface area contributed by atoms with E-state index in [4.69, 9.17) is 14.9 Å². The molecule has 2 aliphatic rings. The minimum Gasteiger partial charge on any atom is -0.481 e. The fourth-order valence-electron chi connectivity index (χ4n) is 3.16. The van der Waals surface area contributed by atoms with Gasteiger partial charge >= 0.3 is 11.9 Å². The van der Waals surface area contributed by atoms with Gasteiger partial charge in [-0.3, -0.25) is 9.59 Å². The summed E-state index contributed by atoms with van der Waals surface area (Å²) in [5, 5.41) is 18.3. The zero-order valence-electron chi connectivity index (χ0n) is 22.4. The molecule has 5 nitrogen and oxygen atoms in total. The van der Waals surface area contributed by atoms with Crippen LogP contribution in [0.25, 0.3) is 0 Å². The number of ether oxygens (including phenoxy) is 1. The fourth-order valence-corrected chi connectivity index (χ4v) is 9.21. The third-order valence-corrected chi connectivity index (χ3v) is 11.5. The van der Waals surface area contributed by atoms with Crippen LogP contribution >= 0.6 is 43.2 Å². The van der Waals surface area contributed by atoms with Crippen molar-refractivity contribution < 1.29 is 24.5 Å². The minimum absolute atomic E-state index is 0.0147. The van der Waals surface area contributed by atoms with Crippen LogP contribution < -0.4 is 0 Å². The number of hydrogen-bond acceptors (Lipinski definition) is 8. The van der Waals surface area contributed by atoms with E-state index >= 15 is 0 Å². The predicted molar refractivity (Wildman–Crippen MR) is 158 cm³/mol. The average Bonchev–Trinajstić information content (AvgIpc) is 3.49. The third kappa shape index (κ3) is 25.7. The zero-order chi connectivity index (χ0) is 26.3. The van der Waals surface area contributed by atoms with Gasteiger partial charge in [-0.25, -0.2) is 0 Å². The second-order valence-electron chi connectivity index (χ2n) is 9.85. The average molecular weight is 571 g/mol. The number of rotatable bonds is 15. The second kappa shape index (κ2) is 24.6. The highest BCUT2D eigenvalue weighted by Crippen LogP contribution is 2.40. The van der Waals surface area contributed by atoms with Crippen molar-refractivity contribution in [3.63, 3.8) is 0 Å². The van der Waals surface area contributed by atoms with E-state index in [1.165, 1.54) is 37.2 Å². The summed E-state index contributed by atoms with van der Waals surface area (Å²) in [7, 11) is 7.92. The van der Waals surface area contributed by atoms with E-state index < -0.39 is 5.97 Å². The van der Waals surface area contributed by atoms with Crippen LogP contribution in [-0.4, -0.2) is 57.4 Å². The number of aliphatic hydroxyl groups is 1. The number of carbonyl (C=O) groups is 2. The fraction of sp³-hybridized carbons (Fsp3) is 0.923. The molecule has 0 amide bonds. The monoisotopic (exact) mass is 570 g/mol. The number of carboxylic acids is 1. The lowest BCUT2D eigenvalue weighted by Gasteiger charge is -2.08. The Hall–Kier alpha value is 0.300. The van der Waals surface area contributed by atoms with Gasteiger partial charge in [0.05, 0.1) is 6.61 Å². The van der Waals surface area contributed by atoms with Crippen LogP contribution in [0, 0.1) is 11.8 Å². The zero-order valence-corrected chi connectivity index (χ0v) is 25.6. The molecule has 2 rings (SSSR count). The largest absolute Gasteiger partial charge is 0.481 e. The number of esters is 1. The molecule has 2 aliphatic heterocycles. The van der Waals surface area contributed by atoms with Gasteiger partial charge in [-0.15, -0.1) is 0 Å². The van der Waals surface area contributed by atoms with Crippen LogP contribution in [0.15, 0.2) is 0 Å². The molecule has 0 aromatic carbocycles. The number of aliphatic carboxylic acids is 1. The number of unbranched alkanes of at least 4 members (excludes halogenated alkanes) is 2. The van der Waals surface area contributed by atoms with E-state index in [-0.39, 0.29) is 5.97 Å². The van der Waals surface area contributed by atoms with Crippen LogP contribution in [0.5, 0.6) is 0 Å². The van der Waals surface area contributed by atoms with E-state index in [0.29, 0.717) is 37.9 Å². The molecule has 2 fully saturated rings. The molecule has 0 aliphatic carbocycles.